The van der Waals surface area contributed by atoms with Gasteiger partial charge in [0.25, 0.3) is 5.91 Å². The lowest BCUT2D eigenvalue weighted by atomic mass is 9.97. The lowest BCUT2D eigenvalue weighted by Gasteiger charge is -2.27. The van der Waals surface area contributed by atoms with Crippen molar-refractivity contribution < 1.29 is 24.3 Å². The molecule has 2 aromatic heterocycles. The Morgan fingerprint density at radius 3 is 2.32 bits per heavy atom. The molecule has 0 unspecified atom stereocenters. The fraction of sp³-hybridized carbons (Fsp3) is 0.333. The number of carbonyl (C=O) groups excluding carboxylic acids is 3. The van der Waals surface area contributed by atoms with Gasteiger partial charge in [-0.2, -0.15) is 8.75 Å². The Morgan fingerprint density at radius 2 is 1.76 bits per heavy atom. The van der Waals surface area contributed by atoms with Crippen LogP contribution in [0.3, 0.4) is 0 Å². The lowest BCUT2D eigenvalue weighted by molar-refractivity contribution is -0.143. The molecule has 0 saturated carbocycles. The number of rotatable bonds is 4. The predicted octanol–water partition coefficient (Wildman–Crippen LogP) is 1.56. The highest BCUT2D eigenvalue weighted by Gasteiger charge is 2.38. The van der Waals surface area contributed by atoms with E-state index in [1.54, 1.807) is 13.8 Å². The van der Waals surface area contributed by atoms with E-state index in [4.69, 9.17) is 0 Å². The normalized spacial score (nSPS) is 14.2. The fourth-order valence-electron chi connectivity index (χ4n) is 2.75. The maximum Gasteiger partial charge on any atom is 0.326 e. The standard InChI is InChI=1S/C15H13N3O5S2/c1-5(2)10(15(22)23)18(3)14(21)7-4-6-11(19)8-9(17-25-16-8)12(20)13(6)24-7/h4-5,10H,1-3H3,(H,22,23)/t10-/m1/s1. The minimum atomic E-state index is -1.12. The molecule has 0 bridgehead atoms. The van der Waals surface area contributed by atoms with E-state index in [2.05, 4.69) is 8.75 Å². The molecular weight excluding hydrogens is 366 g/mol. The zero-order valence-corrected chi connectivity index (χ0v) is 15.1. The number of carboxylic acids is 1. The Hall–Kier alpha value is -2.46. The third kappa shape index (κ3) is 2.67. The van der Waals surface area contributed by atoms with Gasteiger partial charge in [0.05, 0.1) is 21.5 Å². The second-order valence-corrected chi connectivity index (χ2v) is 7.50. The van der Waals surface area contributed by atoms with Crippen molar-refractivity contribution in [3.05, 3.63) is 32.8 Å². The van der Waals surface area contributed by atoms with E-state index in [0.29, 0.717) is 0 Å². The summed E-state index contributed by atoms with van der Waals surface area (Å²) in [5, 5.41) is 9.33. The molecule has 2 heterocycles. The van der Waals surface area contributed by atoms with Crippen molar-refractivity contribution in [1.29, 1.82) is 0 Å². The first-order valence-electron chi connectivity index (χ1n) is 7.29. The monoisotopic (exact) mass is 379 g/mol. The number of carbonyl (C=O) groups is 4. The van der Waals surface area contributed by atoms with Crippen molar-refractivity contribution in [2.75, 3.05) is 7.05 Å². The van der Waals surface area contributed by atoms with Crippen LogP contribution < -0.4 is 0 Å². The third-order valence-corrected chi connectivity index (χ3v) is 5.58. The van der Waals surface area contributed by atoms with Gasteiger partial charge in [-0.3, -0.25) is 14.4 Å². The number of hydrogen-bond acceptors (Lipinski definition) is 8. The van der Waals surface area contributed by atoms with Gasteiger partial charge in [0.2, 0.25) is 11.6 Å². The number of nitrogens with zero attached hydrogens (tertiary/aromatic N) is 3. The molecule has 1 aliphatic carbocycles. The molecule has 1 aliphatic rings. The van der Waals surface area contributed by atoms with Crippen molar-refractivity contribution >= 4 is 46.5 Å². The Bertz CT molecular complexity index is 866. The average Bonchev–Trinajstić information content (AvgIpc) is 3.18. The minimum absolute atomic E-state index is 0.00162. The van der Waals surface area contributed by atoms with Gasteiger partial charge < -0.3 is 10.0 Å². The van der Waals surface area contributed by atoms with E-state index in [-0.39, 0.29) is 32.6 Å². The van der Waals surface area contributed by atoms with Crippen molar-refractivity contribution in [1.82, 2.24) is 13.6 Å². The number of aliphatic carboxylic acids is 1. The van der Waals surface area contributed by atoms with Crippen molar-refractivity contribution in [3.8, 4) is 0 Å². The second-order valence-electron chi connectivity index (χ2n) is 5.92. The highest BCUT2D eigenvalue weighted by atomic mass is 32.1. The average molecular weight is 379 g/mol. The summed E-state index contributed by atoms with van der Waals surface area (Å²) in [7, 11) is 1.39. The molecule has 0 spiro atoms. The molecule has 8 nitrogen and oxygen atoms in total. The third-order valence-electron chi connectivity index (χ3n) is 3.93. The van der Waals surface area contributed by atoms with E-state index in [9.17, 15) is 24.3 Å². The van der Waals surface area contributed by atoms with Crippen LogP contribution in [0.1, 0.15) is 54.9 Å². The van der Waals surface area contributed by atoms with Crippen LogP contribution in [-0.2, 0) is 4.79 Å². The van der Waals surface area contributed by atoms with Gasteiger partial charge in [0.1, 0.15) is 6.04 Å². The van der Waals surface area contributed by atoms with Crippen LogP contribution >= 0.6 is 23.1 Å². The van der Waals surface area contributed by atoms with Crippen LogP contribution in [0.4, 0.5) is 0 Å². The van der Waals surface area contributed by atoms with Gasteiger partial charge >= 0.3 is 5.97 Å². The zero-order valence-electron chi connectivity index (χ0n) is 13.5. The molecule has 0 aliphatic heterocycles. The largest absolute Gasteiger partial charge is 0.480 e. The molecule has 0 fully saturated rings. The highest BCUT2D eigenvalue weighted by Crippen LogP contribution is 2.33. The summed E-state index contributed by atoms with van der Waals surface area (Å²) in [5.41, 5.74) is 0.115. The second kappa shape index (κ2) is 6.12. The molecular formula is C15H13N3O5S2. The van der Waals surface area contributed by atoms with Gasteiger partial charge in [-0.1, -0.05) is 13.8 Å². The number of hydrogen-bond donors (Lipinski definition) is 1. The van der Waals surface area contributed by atoms with Crippen LogP contribution in [0, 0.1) is 5.92 Å². The summed E-state index contributed by atoms with van der Waals surface area (Å²) < 4.78 is 7.69. The molecule has 0 aromatic carbocycles. The summed E-state index contributed by atoms with van der Waals surface area (Å²) in [5.74, 6) is -2.86. The number of carboxylic acid groups (broad SMARTS) is 1. The Labute approximate surface area is 150 Å². The molecule has 1 amide bonds. The molecule has 0 saturated heterocycles. The SMILES string of the molecule is CC(C)[C@H](C(=O)O)N(C)C(=O)c1cc2c(s1)C(=O)c1nsnc1C2=O. The van der Waals surface area contributed by atoms with E-state index in [1.807, 2.05) is 0 Å². The zero-order chi connectivity index (χ0) is 18.5. The minimum Gasteiger partial charge on any atom is -0.480 e. The van der Waals surface area contributed by atoms with Gasteiger partial charge in [-0.25, -0.2) is 4.79 Å². The summed E-state index contributed by atoms with van der Waals surface area (Å²) in [6.07, 6.45) is 0. The van der Waals surface area contributed by atoms with E-state index in [0.717, 1.165) is 28.0 Å². The van der Waals surface area contributed by atoms with Gasteiger partial charge in [-0.05, 0) is 12.0 Å². The molecule has 2 aromatic rings. The summed E-state index contributed by atoms with van der Waals surface area (Å²) in [6.45, 7) is 3.40. The van der Waals surface area contributed by atoms with Gasteiger partial charge in [0, 0.05) is 12.6 Å². The lowest BCUT2D eigenvalue weighted by Crippen LogP contribution is -2.45. The van der Waals surface area contributed by atoms with Crippen LogP contribution in [0.15, 0.2) is 6.07 Å². The number of amides is 1. The summed E-state index contributed by atoms with van der Waals surface area (Å²) >= 11 is 1.66. The molecule has 25 heavy (non-hydrogen) atoms. The number of thiophene rings is 1. The Morgan fingerprint density at radius 1 is 1.16 bits per heavy atom. The smallest absolute Gasteiger partial charge is 0.326 e. The van der Waals surface area contributed by atoms with Crippen LogP contribution in [0.5, 0.6) is 0 Å². The van der Waals surface area contributed by atoms with E-state index < -0.39 is 29.5 Å². The van der Waals surface area contributed by atoms with Crippen molar-refractivity contribution in [2.24, 2.45) is 5.92 Å². The molecule has 3 rings (SSSR count). The first kappa shape index (κ1) is 17.4. The maximum atomic E-state index is 12.7. The molecule has 1 atom stereocenters. The van der Waals surface area contributed by atoms with Gasteiger partial charge in [-0.15, -0.1) is 11.3 Å². The molecule has 0 radical (unpaired) electrons. The Kier molecular flexibility index (Phi) is 4.25. The molecule has 130 valence electrons. The van der Waals surface area contributed by atoms with E-state index in [1.165, 1.54) is 13.1 Å². The maximum absolute atomic E-state index is 12.7. The van der Waals surface area contributed by atoms with Crippen molar-refractivity contribution in [2.45, 2.75) is 19.9 Å². The highest BCUT2D eigenvalue weighted by molar-refractivity contribution is 7.16. The molecule has 1 N–H and O–H groups in total. The van der Waals surface area contributed by atoms with E-state index >= 15 is 0 Å². The first-order chi connectivity index (χ1) is 11.7. The summed E-state index contributed by atoms with van der Waals surface area (Å²) in [6, 6.07) is 0.322. The first-order valence-corrected chi connectivity index (χ1v) is 8.84. The number of ketones is 2. The molecule has 10 heteroatoms. The number of aromatic nitrogens is 2. The quantitative estimate of drug-likeness (QED) is 0.731. The predicted molar refractivity (Wildman–Crippen MR) is 89.4 cm³/mol. The van der Waals surface area contributed by atoms with Gasteiger partial charge in [0.15, 0.2) is 11.4 Å². The number of likely N-dealkylation sites (N-methyl/N-ethyl adjacent to an activating group) is 1. The summed E-state index contributed by atoms with van der Waals surface area (Å²) in [4.78, 5) is 50.3. The van der Waals surface area contributed by atoms with Crippen LogP contribution in [0.2, 0.25) is 0 Å². The number of fused-ring (bicyclic) bond motifs is 2. The topological polar surface area (TPSA) is 118 Å². The van der Waals surface area contributed by atoms with Crippen LogP contribution in [-0.4, -0.2) is 55.3 Å². The Balaban J connectivity index is 1.98. The fourth-order valence-corrected chi connectivity index (χ4v) is 4.38. The van der Waals surface area contributed by atoms with Crippen molar-refractivity contribution in [3.63, 3.8) is 0 Å². The van der Waals surface area contributed by atoms with Crippen LogP contribution in [0.25, 0.3) is 0 Å².